The van der Waals surface area contributed by atoms with Crippen LogP contribution in [0.4, 0.5) is 0 Å². The number of carbonyl (C=O) groups excluding carboxylic acids is 1. The third-order valence-electron chi connectivity index (χ3n) is 3.81. The Hall–Kier alpha value is -1.79. The van der Waals surface area contributed by atoms with Gasteiger partial charge in [0, 0.05) is 39.2 Å². The lowest BCUT2D eigenvalue weighted by molar-refractivity contribution is 0.0831. The number of carbonyl (C=O) groups is 1. The summed E-state index contributed by atoms with van der Waals surface area (Å²) in [5.41, 5.74) is 1.99. The van der Waals surface area contributed by atoms with Crippen LogP contribution in [0.5, 0.6) is 0 Å². The predicted molar refractivity (Wildman–Crippen MR) is 93.5 cm³/mol. The Bertz CT molecular complexity index is 635. The first-order chi connectivity index (χ1) is 10.9. The molecular weight excluding hydrogens is 306 g/mol. The molecule has 2 rings (SSSR count). The van der Waals surface area contributed by atoms with Crippen molar-refractivity contribution in [1.29, 1.82) is 0 Å². The summed E-state index contributed by atoms with van der Waals surface area (Å²) >= 11 is 0. The summed E-state index contributed by atoms with van der Waals surface area (Å²) in [5.74, 6) is 0.522. The monoisotopic (exact) mass is 331 g/mol. The summed E-state index contributed by atoms with van der Waals surface area (Å²) in [6.45, 7) is 10.1. The van der Waals surface area contributed by atoms with E-state index >= 15 is 0 Å². The summed E-state index contributed by atoms with van der Waals surface area (Å²) in [6, 6.07) is 5.04. The lowest BCUT2D eigenvalue weighted by atomic mass is 10.00. The minimum absolute atomic E-state index is 0.111. The quantitative estimate of drug-likeness (QED) is 0.422. The van der Waals surface area contributed by atoms with Gasteiger partial charge in [-0.25, -0.2) is 4.98 Å². The van der Waals surface area contributed by atoms with Gasteiger partial charge in [-0.2, -0.15) is 0 Å². The smallest absolute Gasteiger partial charge is 0.185 e. The highest BCUT2D eigenvalue weighted by Crippen LogP contribution is 2.22. The second-order valence-electron chi connectivity index (χ2n) is 6.96. The zero-order valence-corrected chi connectivity index (χ0v) is 15.3. The lowest BCUT2D eigenvalue weighted by Crippen LogP contribution is -2.22. The zero-order valence-electron chi connectivity index (χ0n) is 14.3. The fourth-order valence-electron chi connectivity index (χ4n) is 2.22. The standard InChI is InChI=1S/C17H25N3O2Si/c1-14(15-5-7-18-8-6-15)16-11-20(17(12-21)19-16)13-22-9-10-23(2,3)4/h5-8,11-12,14H,9-10,13H2,1-4H3. The number of ether oxygens (including phenoxy) is 1. The molecular formula is C17H25N3O2Si. The molecule has 5 nitrogen and oxygen atoms in total. The van der Waals surface area contributed by atoms with Gasteiger partial charge in [-0.15, -0.1) is 0 Å². The first kappa shape index (κ1) is 17.6. The van der Waals surface area contributed by atoms with E-state index in [4.69, 9.17) is 4.74 Å². The molecule has 2 aromatic heterocycles. The number of nitrogens with zero attached hydrogens (tertiary/aromatic N) is 3. The highest BCUT2D eigenvalue weighted by Gasteiger charge is 2.16. The van der Waals surface area contributed by atoms with Crippen molar-refractivity contribution in [2.24, 2.45) is 0 Å². The van der Waals surface area contributed by atoms with Crippen LogP contribution in [-0.4, -0.2) is 35.5 Å². The van der Waals surface area contributed by atoms with Crippen LogP contribution in [0.25, 0.3) is 0 Å². The maximum atomic E-state index is 11.2. The van der Waals surface area contributed by atoms with Gasteiger partial charge in [-0.1, -0.05) is 26.6 Å². The summed E-state index contributed by atoms with van der Waals surface area (Å²) in [4.78, 5) is 19.7. The number of aromatic nitrogens is 3. The fourth-order valence-corrected chi connectivity index (χ4v) is 2.98. The van der Waals surface area contributed by atoms with Crippen LogP contribution in [-0.2, 0) is 11.5 Å². The first-order valence-electron chi connectivity index (χ1n) is 7.90. The summed E-state index contributed by atoms with van der Waals surface area (Å²) in [7, 11) is -1.10. The Morgan fingerprint density at radius 2 is 2.00 bits per heavy atom. The van der Waals surface area contributed by atoms with Crippen molar-refractivity contribution in [2.45, 2.75) is 45.3 Å². The Morgan fingerprint density at radius 3 is 2.61 bits per heavy atom. The number of rotatable bonds is 8. The number of pyridine rings is 1. The summed E-state index contributed by atoms with van der Waals surface area (Å²) in [6.07, 6.45) is 6.22. The molecule has 0 amide bonds. The molecule has 124 valence electrons. The highest BCUT2D eigenvalue weighted by molar-refractivity contribution is 6.76. The summed E-state index contributed by atoms with van der Waals surface area (Å²) < 4.78 is 7.51. The minimum atomic E-state index is -1.10. The van der Waals surface area contributed by atoms with Gasteiger partial charge in [-0.05, 0) is 23.7 Å². The normalized spacial score (nSPS) is 13.0. The molecule has 0 N–H and O–H groups in total. The van der Waals surface area contributed by atoms with Crippen LogP contribution in [0.3, 0.4) is 0 Å². The molecule has 0 aliphatic carbocycles. The van der Waals surface area contributed by atoms with Crippen LogP contribution < -0.4 is 0 Å². The molecule has 0 saturated carbocycles. The van der Waals surface area contributed by atoms with E-state index in [0.29, 0.717) is 12.6 Å². The molecule has 0 bridgehead atoms. The molecule has 23 heavy (non-hydrogen) atoms. The Morgan fingerprint density at radius 1 is 1.30 bits per heavy atom. The van der Waals surface area contributed by atoms with E-state index < -0.39 is 8.07 Å². The van der Waals surface area contributed by atoms with Gasteiger partial charge in [0.05, 0.1) is 5.69 Å². The summed E-state index contributed by atoms with van der Waals surface area (Å²) in [5, 5.41) is 0. The molecule has 2 heterocycles. The van der Waals surface area contributed by atoms with Gasteiger partial charge in [0.25, 0.3) is 0 Å². The molecule has 0 fully saturated rings. The van der Waals surface area contributed by atoms with Crippen molar-refractivity contribution < 1.29 is 9.53 Å². The largest absolute Gasteiger partial charge is 0.361 e. The van der Waals surface area contributed by atoms with E-state index in [1.807, 2.05) is 18.3 Å². The van der Waals surface area contributed by atoms with E-state index in [2.05, 4.69) is 36.5 Å². The third kappa shape index (κ3) is 5.11. The van der Waals surface area contributed by atoms with Gasteiger partial charge in [0.2, 0.25) is 0 Å². The van der Waals surface area contributed by atoms with Crippen molar-refractivity contribution in [3.63, 3.8) is 0 Å². The zero-order chi connectivity index (χ0) is 16.9. The average molecular weight is 331 g/mol. The molecule has 1 atom stereocenters. The van der Waals surface area contributed by atoms with Crippen LogP contribution in [0.2, 0.25) is 25.7 Å². The van der Waals surface area contributed by atoms with Crippen molar-refractivity contribution in [2.75, 3.05) is 6.61 Å². The van der Waals surface area contributed by atoms with E-state index in [-0.39, 0.29) is 5.92 Å². The van der Waals surface area contributed by atoms with Gasteiger partial charge in [-0.3, -0.25) is 9.78 Å². The molecule has 0 aliphatic rings. The maximum absolute atomic E-state index is 11.2. The molecule has 0 saturated heterocycles. The third-order valence-corrected chi connectivity index (χ3v) is 5.51. The Kier molecular flexibility index (Phi) is 5.84. The van der Waals surface area contributed by atoms with Crippen molar-refractivity contribution in [1.82, 2.24) is 14.5 Å². The molecule has 0 spiro atoms. The molecule has 2 aromatic rings. The van der Waals surface area contributed by atoms with Crippen molar-refractivity contribution in [3.8, 4) is 0 Å². The van der Waals surface area contributed by atoms with Gasteiger partial charge < -0.3 is 9.30 Å². The molecule has 1 unspecified atom stereocenters. The van der Waals surface area contributed by atoms with Crippen LogP contribution in [0, 0.1) is 0 Å². The number of hydrogen-bond acceptors (Lipinski definition) is 4. The first-order valence-corrected chi connectivity index (χ1v) is 11.6. The number of aldehydes is 1. The molecule has 0 radical (unpaired) electrons. The van der Waals surface area contributed by atoms with Crippen LogP contribution in [0.1, 0.15) is 34.7 Å². The van der Waals surface area contributed by atoms with E-state index in [1.54, 1.807) is 17.0 Å². The van der Waals surface area contributed by atoms with Crippen molar-refractivity contribution >= 4 is 14.4 Å². The molecule has 0 aliphatic heterocycles. The highest BCUT2D eigenvalue weighted by atomic mass is 28.3. The van der Waals surface area contributed by atoms with Gasteiger partial charge in [0.15, 0.2) is 12.1 Å². The topological polar surface area (TPSA) is 57.0 Å². The Balaban J connectivity index is 2.04. The SMILES string of the molecule is CC(c1ccncc1)c1cn(COCC[Si](C)(C)C)c(C=O)n1. The number of imidazole rings is 1. The molecule has 0 aromatic carbocycles. The van der Waals surface area contributed by atoms with E-state index in [0.717, 1.165) is 30.2 Å². The average Bonchev–Trinajstić information content (AvgIpc) is 2.94. The van der Waals surface area contributed by atoms with Crippen LogP contribution in [0.15, 0.2) is 30.7 Å². The Labute approximate surface area is 138 Å². The molecule has 6 heteroatoms. The maximum Gasteiger partial charge on any atom is 0.185 e. The lowest BCUT2D eigenvalue weighted by Gasteiger charge is -2.15. The fraction of sp³-hybridized carbons (Fsp3) is 0.471. The van der Waals surface area contributed by atoms with Crippen LogP contribution >= 0.6 is 0 Å². The second-order valence-corrected chi connectivity index (χ2v) is 12.6. The number of hydrogen-bond donors (Lipinski definition) is 0. The van der Waals surface area contributed by atoms with E-state index in [9.17, 15) is 4.79 Å². The van der Waals surface area contributed by atoms with Crippen molar-refractivity contribution in [3.05, 3.63) is 47.8 Å². The van der Waals surface area contributed by atoms with E-state index in [1.165, 1.54) is 0 Å². The second kappa shape index (κ2) is 7.65. The van der Waals surface area contributed by atoms with Gasteiger partial charge >= 0.3 is 0 Å². The van der Waals surface area contributed by atoms with Gasteiger partial charge in [0.1, 0.15) is 6.73 Å². The predicted octanol–water partition coefficient (Wildman–Crippen LogP) is 3.55. The minimum Gasteiger partial charge on any atom is -0.361 e.